The Morgan fingerprint density at radius 1 is 1.22 bits per heavy atom. The van der Waals surface area contributed by atoms with Gasteiger partial charge in [-0.3, -0.25) is 14.2 Å². The summed E-state index contributed by atoms with van der Waals surface area (Å²) in [5.74, 6) is 0.707. The molecule has 3 heterocycles. The van der Waals surface area contributed by atoms with Gasteiger partial charge in [-0.2, -0.15) is 0 Å². The van der Waals surface area contributed by atoms with Crippen LogP contribution in [0.5, 0.6) is 0 Å². The number of nitrogens with zero attached hydrogens (tertiary/aromatic N) is 3. The molecule has 2 aliphatic carbocycles. The minimum absolute atomic E-state index is 0.0377. The fraction of sp³-hybridized carbons (Fsp3) is 0.682. The second kappa shape index (κ2) is 8.76. The summed E-state index contributed by atoms with van der Waals surface area (Å²) in [5.41, 5.74) is 1.21. The highest BCUT2D eigenvalue weighted by Gasteiger charge is 2.33. The normalized spacial score (nSPS) is 23.6. The Labute approximate surface area is 196 Å². The van der Waals surface area contributed by atoms with Crippen LogP contribution >= 0.6 is 23.1 Å². The Morgan fingerprint density at radius 3 is 2.62 bits per heavy atom. The first-order chi connectivity index (χ1) is 15.3. The molecule has 1 aliphatic heterocycles. The number of rotatable bonds is 6. The molecule has 0 N–H and O–H groups in total. The Bertz CT molecular complexity index is 1190. The monoisotopic (exact) mass is 495 g/mol. The van der Waals surface area contributed by atoms with E-state index in [0.29, 0.717) is 17.5 Å². The number of hydrogen-bond acceptors (Lipinski definition) is 7. The van der Waals surface area contributed by atoms with E-state index in [2.05, 4.69) is 5.38 Å². The molecule has 3 aliphatic rings. The maximum Gasteiger partial charge on any atom is 0.263 e. The molecule has 7 nitrogen and oxygen atoms in total. The van der Waals surface area contributed by atoms with Crippen molar-refractivity contribution in [2.45, 2.75) is 74.5 Å². The van der Waals surface area contributed by atoms with Crippen LogP contribution in [0.2, 0.25) is 0 Å². The van der Waals surface area contributed by atoms with E-state index < -0.39 is 9.84 Å². The number of amides is 1. The Hall–Kier alpha value is -1.39. The SMILES string of the molecule is CN(C(=O)CSc1nc2scc(C3CC3)c2c(=O)n1C1CCCCC1)C1CCS(=O)(=O)C1. The lowest BCUT2D eigenvalue weighted by atomic mass is 9.95. The van der Waals surface area contributed by atoms with E-state index in [1.54, 1.807) is 11.9 Å². The zero-order valence-corrected chi connectivity index (χ0v) is 20.7. The van der Waals surface area contributed by atoms with Crippen molar-refractivity contribution in [2.75, 3.05) is 24.3 Å². The number of sulfone groups is 1. The summed E-state index contributed by atoms with van der Waals surface area (Å²) in [6.45, 7) is 0. The molecule has 0 radical (unpaired) electrons. The molecule has 2 aromatic heterocycles. The van der Waals surface area contributed by atoms with Crippen LogP contribution in [-0.2, 0) is 14.6 Å². The van der Waals surface area contributed by atoms with Gasteiger partial charge in [0.15, 0.2) is 15.0 Å². The molecule has 10 heteroatoms. The van der Waals surface area contributed by atoms with Crippen LogP contribution in [0.15, 0.2) is 15.3 Å². The van der Waals surface area contributed by atoms with Crippen molar-refractivity contribution >= 4 is 49.1 Å². The third-order valence-electron chi connectivity index (χ3n) is 7.07. The second-order valence-corrected chi connectivity index (χ2v) is 13.4. The lowest BCUT2D eigenvalue weighted by Gasteiger charge is -2.26. The van der Waals surface area contributed by atoms with Gasteiger partial charge < -0.3 is 4.90 Å². The van der Waals surface area contributed by atoms with Crippen molar-refractivity contribution in [1.29, 1.82) is 0 Å². The molecule has 1 saturated heterocycles. The molecule has 1 unspecified atom stereocenters. The average Bonchev–Trinajstić information content (AvgIpc) is 3.43. The van der Waals surface area contributed by atoms with Crippen LogP contribution in [0.25, 0.3) is 10.2 Å². The maximum atomic E-state index is 13.7. The van der Waals surface area contributed by atoms with Crippen molar-refractivity contribution in [2.24, 2.45) is 0 Å². The Kier molecular flexibility index (Phi) is 6.13. The number of hydrogen-bond donors (Lipinski definition) is 0. The van der Waals surface area contributed by atoms with Gasteiger partial charge in [0.1, 0.15) is 4.83 Å². The molecule has 3 fully saturated rings. The van der Waals surface area contributed by atoms with Gasteiger partial charge in [0.2, 0.25) is 5.91 Å². The van der Waals surface area contributed by atoms with Gasteiger partial charge >= 0.3 is 0 Å². The smallest absolute Gasteiger partial charge is 0.263 e. The van der Waals surface area contributed by atoms with E-state index in [9.17, 15) is 18.0 Å². The molecule has 0 spiro atoms. The topological polar surface area (TPSA) is 89.3 Å². The standard InChI is InChI=1S/C22H29N3O4S3/c1-24(16-9-10-32(28,29)13-16)18(26)12-31-22-23-20-19(17(11-30-20)14-7-8-14)21(27)25(22)15-5-3-2-4-6-15/h11,14-16H,2-10,12-13H2,1H3. The van der Waals surface area contributed by atoms with Gasteiger partial charge in [-0.25, -0.2) is 13.4 Å². The first-order valence-electron chi connectivity index (χ1n) is 11.5. The summed E-state index contributed by atoms with van der Waals surface area (Å²) < 4.78 is 25.5. The lowest BCUT2D eigenvalue weighted by molar-refractivity contribution is -0.128. The Balaban J connectivity index is 1.42. The highest BCUT2D eigenvalue weighted by atomic mass is 32.2. The molecule has 0 aromatic carbocycles. The van der Waals surface area contributed by atoms with Crippen LogP contribution in [0.4, 0.5) is 0 Å². The van der Waals surface area contributed by atoms with Crippen LogP contribution in [-0.4, -0.2) is 59.1 Å². The molecular weight excluding hydrogens is 466 g/mol. The van der Waals surface area contributed by atoms with E-state index in [1.807, 2.05) is 4.57 Å². The van der Waals surface area contributed by atoms with Crippen molar-refractivity contribution in [3.8, 4) is 0 Å². The first kappa shape index (κ1) is 22.4. The predicted molar refractivity (Wildman–Crippen MR) is 129 cm³/mol. The number of carbonyl (C=O) groups is 1. The predicted octanol–water partition coefficient (Wildman–Crippen LogP) is 3.58. The molecule has 32 heavy (non-hydrogen) atoms. The quantitative estimate of drug-likeness (QED) is 0.450. The highest BCUT2D eigenvalue weighted by molar-refractivity contribution is 7.99. The molecular formula is C22H29N3O4S3. The van der Waals surface area contributed by atoms with E-state index >= 15 is 0 Å². The fourth-order valence-electron chi connectivity index (χ4n) is 4.98. The highest BCUT2D eigenvalue weighted by Crippen LogP contribution is 2.44. The van der Waals surface area contributed by atoms with Crippen molar-refractivity contribution < 1.29 is 13.2 Å². The fourth-order valence-corrected chi connectivity index (χ4v) is 8.80. The number of carbonyl (C=O) groups excluding carboxylic acids is 1. The summed E-state index contributed by atoms with van der Waals surface area (Å²) in [6.07, 6.45) is 8.13. The van der Waals surface area contributed by atoms with Gasteiger partial charge in [0, 0.05) is 19.1 Å². The van der Waals surface area contributed by atoms with Gasteiger partial charge in [-0.1, -0.05) is 31.0 Å². The van der Waals surface area contributed by atoms with E-state index in [-0.39, 0.29) is 40.8 Å². The summed E-state index contributed by atoms with van der Waals surface area (Å²) in [4.78, 5) is 33.7. The zero-order chi connectivity index (χ0) is 22.5. The van der Waals surface area contributed by atoms with E-state index in [4.69, 9.17) is 4.98 Å². The van der Waals surface area contributed by atoms with Crippen LogP contribution in [0.1, 0.15) is 68.9 Å². The van der Waals surface area contributed by atoms with Crippen molar-refractivity contribution in [1.82, 2.24) is 14.5 Å². The minimum atomic E-state index is -3.05. The van der Waals surface area contributed by atoms with Crippen molar-refractivity contribution in [3.05, 3.63) is 21.3 Å². The Morgan fingerprint density at radius 2 is 1.97 bits per heavy atom. The lowest BCUT2D eigenvalue weighted by Crippen LogP contribution is -2.39. The second-order valence-electron chi connectivity index (χ2n) is 9.36. The minimum Gasteiger partial charge on any atom is -0.341 e. The molecule has 1 atom stereocenters. The molecule has 5 rings (SSSR count). The number of thioether (sulfide) groups is 1. The molecule has 0 bridgehead atoms. The van der Waals surface area contributed by atoms with E-state index in [0.717, 1.165) is 54.3 Å². The van der Waals surface area contributed by atoms with Crippen LogP contribution in [0, 0.1) is 0 Å². The van der Waals surface area contributed by atoms with Crippen LogP contribution in [0.3, 0.4) is 0 Å². The molecule has 2 saturated carbocycles. The average molecular weight is 496 g/mol. The largest absolute Gasteiger partial charge is 0.341 e. The van der Waals surface area contributed by atoms with Gasteiger partial charge in [0.05, 0.1) is 22.6 Å². The van der Waals surface area contributed by atoms with Gasteiger partial charge in [-0.05, 0) is 49.0 Å². The summed E-state index contributed by atoms with van der Waals surface area (Å²) in [7, 11) is -1.37. The number of fused-ring (bicyclic) bond motifs is 1. The van der Waals surface area contributed by atoms with Gasteiger partial charge in [0.25, 0.3) is 5.56 Å². The third-order valence-corrected chi connectivity index (χ3v) is 10.6. The summed E-state index contributed by atoms with van der Waals surface area (Å²) in [5, 5.41) is 3.50. The molecule has 1 amide bonds. The zero-order valence-electron chi connectivity index (χ0n) is 18.3. The van der Waals surface area contributed by atoms with Gasteiger partial charge in [-0.15, -0.1) is 11.3 Å². The molecule has 2 aromatic rings. The summed E-state index contributed by atoms with van der Waals surface area (Å²) >= 11 is 2.84. The first-order valence-corrected chi connectivity index (χ1v) is 15.2. The number of thiophene rings is 1. The van der Waals surface area contributed by atoms with E-state index in [1.165, 1.54) is 29.5 Å². The summed E-state index contributed by atoms with van der Waals surface area (Å²) in [6, 6.07) is -0.127. The molecule has 174 valence electrons. The number of aromatic nitrogens is 2. The van der Waals surface area contributed by atoms with Crippen LogP contribution < -0.4 is 5.56 Å². The maximum absolute atomic E-state index is 13.7. The van der Waals surface area contributed by atoms with Crippen molar-refractivity contribution in [3.63, 3.8) is 0 Å². The third kappa shape index (κ3) is 4.37.